The zero-order valence-corrected chi connectivity index (χ0v) is 18.2. The number of halogens is 1. The number of rotatable bonds is 5. The summed E-state index contributed by atoms with van der Waals surface area (Å²) in [6.45, 7) is 5.82. The van der Waals surface area contributed by atoms with Gasteiger partial charge >= 0.3 is 5.97 Å². The van der Waals surface area contributed by atoms with Crippen LogP contribution >= 0.6 is 0 Å². The van der Waals surface area contributed by atoms with Gasteiger partial charge in [0.15, 0.2) is 15.5 Å². The molecule has 10 heteroatoms. The van der Waals surface area contributed by atoms with E-state index in [1.165, 1.54) is 31.5 Å². The van der Waals surface area contributed by atoms with Crippen molar-refractivity contribution < 1.29 is 22.3 Å². The zero-order valence-electron chi connectivity index (χ0n) is 17.4. The predicted octanol–water partition coefficient (Wildman–Crippen LogP) is 2.16. The van der Waals surface area contributed by atoms with Crippen molar-refractivity contribution in [2.75, 3.05) is 42.8 Å². The highest BCUT2D eigenvalue weighted by molar-refractivity contribution is 7.90. The number of nitrogens with zero attached hydrogens (tertiary/aromatic N) is 4. The van der Waals surface area contributed by atoms with Gasteiger partial charge in [0.2, 0.25) is 5.95 Å². The molecule has 162 valence electrons. The molecule has 1 aromatic carbocycles. The Labute approximate surface area is 175 Å². The van der Waals surface area contributed by atoms with Gasteiger partial charge in [0.1, 0.15) is 10.7 Å². The Kier molecular flexibility index (Phi) is 6.25. The summed E-state index contributed by atoms with van der Waals surface area (Å²) in [7, 11) is -2.37. The molecule has 1 aliphatic heterocycles. The maximum absolute atomic E-state index is 14.0. The molecule has 1 aliphatic rings. The van der Waals surface area contributed by atoms with Crippen LogP contribution in [-0.2, 0) is 14.6 Å². The lowest BCUT2D eigenvalue weighted by molar-refractivity contribution is 0.0594. The molecule has 0 radical (unpaired) electrons. The van der Waals surface area contributed by atoms with E-state index in [0.717, 1.165) is 6.26 Å². The molecule has 0 saturated carbocycles. The number of methoxy groups -OCH3 is 1. The molecule has 3 rings (SSSR count). The molecule has 0 unspecified atom stereocenters. The zero-order chi connectivity index (χ0) is 22.1. The van der Waals surface area contributed by atoms with Crippen molar-refractivity contribution in [2.24, 2.45) is 5.92 Å². The first-order chi connectivity index (χ1) is 14.1. The summed E-state index contributed by atoms with van der Waals surface area (Å²) in [6, 6.07) is 5.66. The summed E-state index contributed by atoms with van der Waals surface area (Å²) in [5, 5.41) is 0. The third-order valence-corrected chi connectivity index (χ3v) is 6.27. The Bertz CT molecular complexity index is 1040. The van der Waals surface area contributed by atoms with Crippen LogP contribution < -0.4 is 9.80 Å². The minimum absolute atomic E-state index is 0.00150. The molecule has 0 N–H and O–H groups in total. The molecule has 1 aromatic heterocycles. The Morgan fingerprint density at radius 2 is 2.00 bits per heavy atom. The number of carbonyl (C=O) groups excluding carboxylic acids is 1. The highest BCUT2D eigenvalue weighted by Gasteiger charge is 2.32. The van der Waals surface area contributed by atoms with E-state index >= 15 is 0 Å². The molecule has 0 aliphatic carbocycles. The van der Waals surface area contributed by atoms with E-state index in [9.17, 15) is 17.6 Å². The summed E-state index contributed by atoms with van der Waals surface area (Å²) in [4.78, 5) is 24.3. The van der Waals surface area contributed by atoms with Gasteiger partial charge < -0.3 is 14.5 Å². The van der Waals surface area contributed by atoms with Gasteiger partial charge in [-0.2, -0.15) is 0 Å². The fraction of sp³-hybridized carbons (Fsp3) is 0.450. The highest BCUT2D eigenvalue weighted by Crippen LogP contribution is 2.28. The van der Waals surface area contributed by atoms with E-state index in [-0.39, 0.29) is 22.5 Å². The van der Waals surface area contributed by atoms with Crippen LogP contribution in [0.5, 0.6) is 0 Å². The van der Waals surface area contributed by atoms with Gasteiger partial charge in [-0.25, -0.2) is 27.6 Å². The maximum Gasteiger partial charge on any atom is 0.356 e. The smallest absolute Gasteiger partial charge is 0.356 e. The average Bonchev–Trinajstić information content (AvgIpc) is 2.72. The van der Waals surface area contributed by atoms with Gasteiger partial charge in [-0.1, -0.05) is 13.8 Å². The number of piperazine rings is 1. The standard InChI is InChI=1S/C20H25FN4O4S/c1-13(2)17-12-24(14-5-6-15(21)18(11-14)30(4,27)28)9-10-25(17)20-22-8-7-16(23-20)19(26)29-3/h5-8,11,13,17H,9-10,12H2,1-4H3/t17-/m0/s1. The summed E-state index contributed by atoms with van der Waals surface area (Å²) in [5.41, 5.74) is 0.829. The Morgan fingerprint density at radius 3 is 2.63 bits per heavy atom. The number of sulfone groups is 1. The van der Waals surface area contributed by atoms with E-state index in [0.29, 0.717) is 31.3 Å². The number of benzene rings is 1. The first-order valence-electron chi connectivity index (χ1n) is 9.54. The van der Waals surface area contributed by atoms with Gasteiger partial charge in [0.25, 0.3) is 0 Å². The van der Waals surface area contributed by atoms with E-state index in [4.69, 9.17) is 4.74 Å². The van der Waals surface area contributed by atoms with Gasteiger partial charge in [-0.05, 0) is 30.2 Å². The number of carbonyl (C=O) groups is 1. The molecule has 2 heterocycles. The molecule has 1 atom stereocenters. The predicted molar refractivity (Wildman–Crippen MR) is 111 cm³/mol. The molecular weight excluding hydrogens is 411 g/mol. The lowest BCUT2D eigenvalue weighted by atomic mass is 9.99. The molecule has 0 amide bonds. The molecule has 30 heavy (non-hydrogen) atoms. The summed E-state index contributed by atoms with van der Waals surface area (Å²) >= 11 is 0. The van der Waals surface area contributed by atoms with Crippen LogP contribution in [0.1, 0.15) is 24.3 Å². The van der Waals surface area contributed by atoms with E-state index < -0.39 is 21.6 Å². The second kappa shape index (κ2) is 8.55. The maximum atomic E-state index is 14.0. The minimum atomic E-state index is -3.67. The van der Waals surface area contributed by atoms with E-state index in [2.05, 4.69) is 23.8 Å². The van der Waals surface area contributed by atoms with Crippen molar-refractivity contribution in [2.45, 2.75) is 24.8 Å². The van der Waals surface area contributed by atoms with Gasteiger partial charge in [0.05, 0.1) is 13.2 Å². The van der Waals surface area contributed by atoms with Crippen molar-refractivity contribution in [3.63, 3.8) is 0 Å². The molecule has 8 nitrogen and oxygen atoms in total. The average molecular weight is 437 g/mol. The first-order valence-corrected chi connectivity index (χ1v) is 11.4. The fourth-order valence-electron chi connectivity index (χ4n) is 3.54. The highest BCUT2D eigenvalue weighted by atomic mass is 32.2. The topological polar surface area (TPSA) is 92.7 Å². The van der Waals surface area contributed by atoms with Crippen LogP contribution in [0.2, 0.25) is 0 Å². The Balaban J connectivity index is 1.89. The van der Waals surface area contributed by atoms with Gasteiger partial charge in [-0.15, -0.1) is 0 Å². The van der Waals surface area contributed by atoms with Crippen molar-refractivity contribution in [3.05, 3.63) is 42.0 Å². The quantitative estimate of drug-likeness (QED) is 0.659. The lowest BCUT2D eigenvalue weighted by Crippen LogP contribution is -2.56. The summed E-state index contributed by atoms with van der Waals surface area (Å²) in [5.74, 6) is -0.633. The van der Waals surface area contributed by atoms with Crippen LogP contribution in [0.4, 0.5) is 16.0 Å². The molecular formula is C20H25FN4O4S. The van der Waals surface area contributed by atoms with Crippen molar-refractivity contribution in [1.82, 2.24) is 9.97 Å². The third kappa shape index (κ3) is 4.53. The molecule has 2 aromatic rings. The first kappa shape index (κ1) is 21.9. The van der Waals surface area contributed by atoms with Crippen LogP contribution in [0, 0.1) is 11.7 Å². The second-order valence-corrected chi connectivity index (χ2v) is 9.56. The van der Waals surface area contributed by atoms with Crippen molar-refractivity contribution in [3.8, 4) is 0 Å². The van der Waals surface area contributed by atoms with E-state index in [1.54, 1.807) is 6.07 Å². The largest absolute Gasteiger partial charge is 0.464 e. The van der Waals surface area contributed by atoms with Crippen LogP contribution in [0.25, 0.3) is 0 Å². The number of anilines is 2. The van der Waals surface area contributed by atoms with Crippen LogP contribution in [0.15, 0.2) is 35.4 Å². The van der Waals surface area contributed by atoms with Crippen LogP contribution in [0.3, 0.4) is 0 Å². The number of aromatic nitrogens is 2. The SMILES string of the molecule is COC(=O)c1ccnc(N2CCN(c3ccc(F)c(S(C)(=O)=O)c3)C[C@H]2C(C)C)n1. The molecule has 0 bridgehead atoms. The number of hydrogen-bond acceptors (Lipinski definition) is 8. The van der Waals surface area contributed by atoms with Crippen LogP contribution in [-0.4, -0.2) is 63.4 Å². The van der Waals surface area contributed by atoms with E-state index in [1.807, 2.05) is 9.80 Å². The second-order valence-electron chi connectivity index (χ2n) is 7.57. The summed E-state index contributed by atoms with van der Waals surface area (Å²) in [6.07, 6.45) is 2.52. The van der Waals surface area contributed by atoms with Crippen molar-refractivity contribution >= 4 is 27.4 Å². The number of esters is 1. The minimum Gasteiger partial charge on any atom is -0.464 e. The summed E-state index contributed by atoms with van der Waals surface area (Å²) < 4.78 is 42.5. The van der Waals surface area contributed by atoms with Gasteiger partial charge in [-0.3, -0.25) is 0 Å². The van der Waals surface area contributed by atoms with Crippen molar-refractivity contribution in [1.29, 1.82) is 0 Å². The molecule has 1 fully saturated rings. The Hall–Kier alpha value is -2.75. The normalized spacial score (nSPS) is 17.3. The Morgan fingerprint density at radius 1 is 1.27 bits per heavy atom. The lowest BCUT2D eigenvalue weighted by Gasteiger charge is -2.44. The monoisotopic (exact) mass is 436 g/mol. The number of hydrogen-bond donors (Lipinski definition) is 0. The molecule has 1 saturated heterocycles. The third-order valence-electron chi connectivity index (χ3n) is 5.16. The number of ether oxygens (including phenoxy) is 1. The fourth-order valence-corrected chi connectivity index (χ4v) is 4.30. The molecule has 0 spiro atoms. The van der Waals surface area contributed by atoms with Gasteiger partial charge in [0, 0.05) is 37.8 Å².